The molecule has 9 heteroatoms. The number of aromatic nitrogens is 4. The number of hydrogen-bond donors (Lipinski definition) is 0. The molecule has 0 amide bonds. The van der Waals surface area contributed by atoms with Crippen LogP contribution < -0.4 is 0 Å². The van der Waals surface area contributed by atoms with Gasteiger partial charge in [-0.25, -0.2) is 12.8 Å². The minimum atomic E-state index is -3.79. The number of rotatable bonds is 4. The Morgan fingerprint density at radius 1 is 1.26 bits per heavy atom. The van der Waals surface area contributed by atoms with Gasteiger partial charge in [0, 0.05) is 13.1 Å². The summed E-state index contributed by atoms with van der Waals surface area (Å²) in [4.78, 5) is 0. The zero-order chi connectivity index (χ0) is 16.6. The molecule has 0 bridgehead atoms. The molecule has 3 rings (SSSR count). The largest absolute Gasteiger partial charge is 0.361 e. The molecule has 0 N–H and O–H groups in total. The van der Waals surface area contributed by atoms with Crippen LogP contribution in [0.4, 0.5) is 4.39 Å². The summed E-state index contributed by atoms with van der Waals surface area (Å²) in [6.45, 7) is 1.67. The molecule has 0 fully saturated rings. The molecule has 2 heterocycles. The Bertz CT molecular complexity index is 962. The van der Waals surface area contributed by atoms with Crippen molar-refractivity contribution in [3.05, 3.63) is 47.6 Å². The first kappa shape index (κ1) is 15.3. The molecule has 23 heavy (non-hydrogen) atoms. The molecule has 0 aliphatic carbocycles. The number of nitrogens with zero attached hydrogens (tertiary/aromatic N) is 4. The van der Waals surface area contributed by atoms with Crippen LogP contribution in [0.1, 0.15) is 11.5 Å². The average molecular weight is 336 g/mol. The maximum atomic E-state index is 13.9. The van der Waals surface area contributed by atoms with E-state index >= 15 is 0 Å². The van der Waals surface area contributed by atoms with Crippen molar-refractivity contribution in [1.82, 2.24) is 19.9 Å². The number of halogens is 1. The van der Waals surface area contributed by atoms with E-state index < -0.39 is 15.7 Å². The number of hydrogen-bond acceptors (Lipinski definition) is 6. The molecule has 2 aromatic heterocycles. The molecule has 0 aliphatic rings. The predicted octanol–water partition coefficient (Wildman–Crippen LogP) is 1.89. The molecule has 0 saturated heterocycles. The molecule has 0 atom stereocenters. The molecular weight excluding hydrogens is 323 g/mol. The lowest BCUT2D eigenvalue weighted by Gasteiger charge is -2.05. The van der Waals surface area contributed by atoms with Gasteiger partial charge in [-0.3, -0.25) is 0 Å². The van der Waals surface area contributed by atoms with Gasteiger partial charge in [0.25, 0.3) is 0 Å². The molecular formula is C14H13FN4O3S. The Hall–Kier alpha value is -2.55. The first-order chi connectivity index (χ1) is 10.9. The van der Waals surface area contributed by atoms with Crippen LogP contribution in [-0.4, -0.2) is 28.3 Å². The third kappa shape index (κ3) is 2.87. The highest BCUT2D eigenvalue weighted by Crippen LogP contribution is 2.23. The van der Waals surface area contributed by atoms with Crippen molar-refractivity contribution in [3.63, 3.8) is 0 Å². The van der Waals surface area contributed by atoms with Crippen molar-refractivity contribution in [1.29, 1.82) is 0 Å². The number of benzene rings is 1. The number of aryl methyl sites for hydroxylation is 1. The molecule has 0 saturated carbocycles. The van der Waals surface area contributed by atoms with E-state index in [-0.39, 0.29) is 28.0 Å². The zero-order valence-corrected chi connectivity index (χ0v) is 13.2. The van der Waals surface area contributed by atoms with E-state index in [1.807, 2.05) is 0 Å². The standard InChI is InChI=1S/C14H13FN4O3S/c1-9-7-10(18-22-9)8-23(20,21)14-17-16-13(19(14)2)11-5-3-4-6-12(11)15/h3-7H,8H2,1-2H3. The molecule has 0 aliphatic heterocycles. The van der Waals surface area contributed by atoms with Gasteiger partial charge in [-0.2, -0.15) is 0 Å². The Labute approximate surface area is 131 Å². The van der Waals surface area contributed by atoms with Crippen LogP contribution in [0.5, 0.6) is 0 Å². The summed E-state index contributed by atoms with van der Waals surface area (Å²) < 4.78 is 44.9. The highest BCUT2D eigenvalue weighted by atomic mass is 32.2. The summed E-state index contributed by atoms with van der Waals surface area (Å²) in [5.41, 5.74) is 0.458. The number of sulfone groups is 1. The van der Waals surface area contributed by atoms with E-state index in [2.05, 4.69) is 15.4 Å². The summed E-state index contributed by atoms with van der Waals surface area (Å²) in [5, 5.41) is 10.9. The van der Waals surface area contributed by atoms with Crippen molar-refractivity contribution in [3.8, 4) is 11.4 Å². The highest BCUT2D eigenvalue weighted by molar-refractivity contribution is 7.90. The predicted molar refractivity (Wildman–Crippen MR) is 78.5 cm³/mol. The quantitative estimate of drug-likeness (QED) is 0.722. The topological polar surface area (TPSA) is 90.9 Å². The van der Waals surface area contributed by atoms with Crippen LogP contribution in [0.15, 0.2) is 40.0 Å². The second-order valence-corrected chi connectivity index (χ2v) is 6.92. The monoisotopic (exact) mass is 336 g/mol. The van der Waals surface area contributed by atoms with Crippen molar-refractivity contribution in [2.75, 3.05) is 0 Å². The van der Waals surface area contributed by atoms with E-state index in [1.54, 1.807) is 19.1 Å². The Morgan fingerprint density at radius 2 is 2.00 bits per heavy atom. The second-order valence-electron chi connectivity index (χ2n) is 5.03. The molecule has 0 radical (unpaired) electrons. The van der Waals surface area contributed by atoms with Gasteiger partial charge in [0.05, 0.1) is 11.3 Å². The highest BCUT2D eigenvalue weighted by Gasteiger charge is 2.26. The van der Waals surface area contributed by atoms with Crippen molar-refractivity contribution >= 4 is 9.84 Å². The Balaban J connectivity index is 2.00. The molecule has 120 valence electrons. The van der Waals surface area contributed by atoms with Gasteiger partial charge in [0.15, 0.2) is 5.82 Å². The Morgan fingerprint density at radius 3 is 2.65 bits per heavy atom. The van der Waals surface area contributed by atoms with E-state index in [1.165, 1.54) is 29.8 Å². The van der Waals surface area contributed by atoms with Crippen LogP contribution in [0.2, 0.25) is 0 Å². The van der Waals surface area contributed by atoms with Gasteiger partial charge in [-0.15, -0.1) is 10.2 Å². The van der Waals surface area contributed by atoms with Gasteiger partial charge in [-0.1, -0.05) is 17.3 Å². The molecule has 0 unspecified atom stereocenters. The lowest BCUT2D eigenvalue weighted by Crippen LogP contribution is -2.12. The van der Waals surface area contributed by atoms with Crippen LogP contribution in [0, 0.1) is 12.7 Å². The molecule has 3 aromatic rings. The van der Waals surface area contributed by atoms with Crippen molar-refractivity contribution < 1.29 is 17.3 Å². The summed E-state index contributed by atoms with van der Waals surface area (Å²) in [6, 6.07) is 7.50. The zero-order valence-electron chi connectivity index (χ0n) is 12.4. The maximum Gasteiger partial charge on any atom is 0.250 e. The summed E-state index contributed by atoms with van der Waals surface area (Å²) in [6.07, 6.45) is 0. The summed E-state index contributed by atoms with van der Waals surface area (Å²) >= 11 is 0. The van der Waals surface area contributed by atoms with Crippen molar-refractivity contribution in [2.45, 2.75) is 17.8 Å². The molecule has 7 nitrogen and oxygen atoms in total. The summed E-state index contributed by atoms with van der Waals surface area (Å²) in [7, 11) is -2.31. The van der Waals surface area contributed by atoms with Crippen LogP contribution in [-0.2, 0) is 22.6 Å². The summed E-state index contributed by atoms with van der Waals surface area (Å²) in [5.74, 6) is -0.217. The fourth-order valence-corrected chi connectivity index (χ4v) is 3.53. The molecule has 1 aromatic carbocycles. The van der Waals surface area contributed by atoms with Gasteiger partial charge in [0.2, 0.25) is 15.0 Å². The third-order valence-corrected chi connectivity index (χ3v) is 4.83. The minimum absolute atomic E-state index is 0.137. The van der Waals surface area contributed by atoms with E-state index in [4.69, 9.17) is 4.52 Å². The SMILES string of the molecule is Cc1cc(CS(=O)(=O)c2nnc(-c3ccccc3F)n2C)no1. The second kappa shape index (κ2) is 5.58. The maximum absolute atomic E-state index is 13.9. The van der Waals surface area contributed by atoms with Gasteiger partial charge in [0.1, 0.15) is 17.3 Å². The fraction of sp³-hybridized carbons (Fsp3) is 0.214. The van der Waals surface area contributed by atoms with Crippen LogP contribution in [0.25, 0.3) is 11.4 Å². The average Bonchev–Trinajstić information content (AvgIpc) is 3.05. The van der Waals surface area contributed by atoms with Gasteiger partial charge < -0.3 is 9.09 Å². The van der Waals surface area contributed by atoms with Gasteiger partial charge in [-0.05, 0) is 19.1 Å². The smallest absolute Gasteiger partial charge is 0.250 e. The minimum Gasteiger partial charge on any atom is -0.361 e. The lowest BCUT2D eigenvalue weighted by atomic mass is 10.2. The lowest BCUT2D eigenvalue weighted by molar-refractivity contribution is 0.392. The van der Waals surface area contributed by atoms with Crippen LogP contribution in [0.3, 0.4) is 0 Å². The van der Waals surface area contributed by atoms with E-state index in [0.717, 1.165) is 0 Å². The van der Waals surface area contributed by atoms with E-state index in [0.29, 0.717) is 5.76 Å². The first-order valence-corrected chi connectivity index (χ1v) is 8.33. The third-order valence-electron chi connectivity index (χ3n) is 3.24. The molecule has 0 spiro atoms. The van der Waals surface area contributed by atoms with Crippen molar-refractivity contribution in [2.24, 2.45) is 7.05 Å². The Kier molecular flexibility index (Phi) is 3.72. The first-order valence-electron chi connectivity index (χ1n) is 6.68. The van der Waals surface area contributed by atoms with E-state index in [9.17, 15) is 12.8 Å². The fourth-order valence-electron chi connectivity index (χ4n) is 2.21. The van der Waals surface area contributed by atoms with Gasteiger partial charge >= 0.3 is 0 Å². The normalized spacial score (nSPS) is 11.8. The van der Waals surface area contributed by atoms with Crippen LogP contribution >= 0.6 is 0 Å².